The number of carbonyl (C=O) groups excluding carboxylic acids is 1. The van der Waals surface area contributed by atoms with E-state index in [0.717, 1.165) is 56.2 Å². The predicted octanol–water partition coefficient (Wildman–Crippen LogP) is 5.95. The number of esters is 1. The number of aromatic nitrogens is 3. The average Bonchev–Trinajstić information content (AvgIpc) is 3.52. The molecular formula is C30H31N3O4. The van der Waals surface area contributed by atoms with Gasteiger partial charge >= 0.3 is 5.97 Å². The fourth-order valence-corrected chi connectivity index (χ4v) is 4.98. The second-order valence-corrected chi connectivity index (χ2v) is 8.89. The average molecular weight is 498 g/mol. The largest absolute Gasteiger partial charge is 0.493 e. The molecule has 0 saturated carbocycles. The van der Waals surface area contributed by atoms with E-state index in [2.05, 4.69) is 33.4 Å². The maximum Gasteiger partial charge on any atom is 0.355 e. The van der Waals surface area contributed by atoms with Crippen LogP contribution in [0.2, 0.25) is 0 Å². The maximum absolute atomic E-state index is 12.9. The van der Waals surface area contributed by atoms with Gasteiger partial charge in [0.2, 0.25) is 0 Å². The third-order valence-electron chi connectivity index (χ3n) is 6.68. The molecule has 0 unspecified atom stereocenters. The Balaban J connectivity index is 1.47. The normalized spacial score (nSPS) is 11.3. The molecule has 7 nitrogen and oxygen atoms in total. The Kier molecular flexibility index (Phi) is 7.23. The number of para-hydroxylation sites is 1. The van der Waals surface area contributed by atoms with Gasteiger partial charge in [0.05, 0.1) is 36.7 Å². The Bertz CT molecular complexity index is 1520. The first-order valence-corrected chi connectivity index (χ1v) is 12.7. The van der Waals surface area contributed by atoms with Crippen molar-refractivity contribution in [3.8, 4) is 16.9 Å². The summed E-state index contributed by atoms with van der Waals surface area (Å²) in [7, 11) is 0. The molecule has 0 atom stereocenters. The van der Waals surface area contributed by atoms with Gasteiger partial charge in [0.15, 0.2) is 0 Å². The number of carbonyl (C=O) groups is 1. The Morgan fingerprint density at radius 1 is 1.00 bits per heavy atom. The molecule has 2 heterocycles. The van der Waals surface area contributed by atoms with Gasteiger partial charge in [-0.1, -0.05) is 61.5 Å². The first-order valence-electron chi connectivity index (χ1n) is 12.7. The summed E-state index contributed by atoms with van der Waals surface area (Å²) in [5.74, 6) is 0.480. The molecule has 3 N–H and O–H groups in total. The van der Waals surface area contributed by atoms with Gasteiger partial charge in [-0.05, 0) is 43.2 Å². The molecule has 5 rings (SSSR count). The molecule has 0 radical (unpaired) electrons. The van der Waals surface area contributed by atoms with E-state index in [1.54, 1.807) is 6.92 Å². The lowest BCUT2D eigenvalue weighted by molar-refractivity contribution is 0.0519. The van der Waals surface area contributed by atoms with E-state index in [0.29, 0.717) is 37.4 Å². The minimum Gasteiger partial charge on any atom is -0.493 e. The second kappa shape index (κ2) is 10.9. The molecule has 0 fully saturated rings. The number of aliphatic hydroxyl groups excluding tert-OH is 1. The summed E-state index contributed by atoms with van der Waals surface area (Å²) in [5.41, 5.74) is 5.50. The standard InChI is InChI=1S/C30H31N3O4/c1-3-24-27(25(18-34)33-32-24)23-14-8-13-21-22(29(31-28(21)23)30(35)36-4-2)15-9-17-37-26-16-7-11-19-10-5-6-12-20(19)26/h5-8,10-14,16,31,34H,3-4,9,15,17-18H2,1-2H3,(H,32,33). The van der Waals surface area contributed by atoms with Gasteiger partial charge < -0.3 is 19.6 Å². The van der Waals surface area contributed by atoms with E-state index in [4.69, 9.17) is 9.47 Å². The number of fused-ring (bicyclic) bond motifs is 2. The Morgan fingerprint density at radius 3 is 2.59 bits per heavy atom. The van der Waals surface area contributed by atoms with Crippen LogP contribution in [-0.4, -0.2) is 39.5 Å². The maximum atomic E-state index is 12.9. The van der Waals surface area contributed by atoms with Crippen LogP contribution in [0.15, 0.2) is 60.7 Å². The van der Waals surface area contributed by atoms with E-state index < -0.39 is 0 Å². The van der Waals surface area contributed by atoms with Crippen LogP contribution in [0.5, 0.6) is 5.75 Å². The Labute approximate surface area is 215 Å². The van der Waals surface area contributed by atoms with Crippen LogP contribution in [0.25, 0.3) is 32.8 Å². The highest BCUT2D eigenvalue weighted by Crippen LogP contribution is 2.36. The number of hydrogen-bond donors (Lipinski definition) is 3. The number of benzene rings is 3. The van der Waals surface area contributed by atoms with Crippen LogP contribution in [0.1, 0.15) is 47.7 Å². The van der Waals surface area contributed by atoms with Crippen molar-refractivity contribution in [2.45, 2.75) is 39.7 Å². The molecule has 0 amide bonds. The van der Waals surface area contributed by atoms with Gasteiger partial charge in [-0.3, -0.25) is 5.10 Å². The van der Waals surface area contributed by atoms with Gasteiger partial charge in [0.1, 0.15) is 11.4 Å². The van der Waals surface area contributed by atoms with Gasteiger partial charge in [0, 0.05) is 21.9 Å². The van der Waals surface area contributed by atoms with E-state index in [1.807, 2.05) is 49.4 Å². The van der Waals surface area contributed by atoms with Crippen molar-refractivity contribution in [2.75, 3.05) is 13.2 Å². The number of nitrogens with zero attached hydrogens (tertiary/aromatic N) is 1. The third-order valence-corrected chi connectivity index (χ3v) is 6.68. The van der Waals surface area contributed by atoms with Crippen LogP contribution in [0.3, 0.4) is 0 Å². The van der Waals surface area contributed by atoms with Crippen molar-refractivity contribution in [3.63, 3.8) is 0 Å². The molecule has 7 heteroatoms. The van der Waals surface area contributed by atoms with Gasteiger partial charge in [-0.25, -0.2) is 4.79 Å². The zero-order chi connectivity index (χ0) is 25.8. The van der Waals surface area contributed by atoms with Crippen molar-refractivity contribution in [2.24, 2.45) is 0 Å². The number of hydrogen-bond acceptors (Lipinski definition) is 5. The van der Waals surface area contributed by atoms with Crippen molar-refractivity contribution < 1.29 is 19.4 Å². The van der Waals surface area contributed by atoms with Crippen LogP contribution in [-0.2, 0) is 24.2 Å². The fraction of sp³-hybridized carbons (Fsp3) is 0.267. The van der Waals surface area contributed by atoms with Crippen molar-refractivity contribution in [1.29, 1.82) is 0 Å². The summed E-state index contributed by atoms with van der Waals surface area (Å²) >= 11 is 0. The van der Waals surface area contributed by atoms with Crippen molar-refractivity contribution in [3.05, 3.63) is 83.3 Å². The number of aliphatic hydroxyl groups is 1. The van der Waals surface area contributed by atoms with Crippen LogP contribution in [0.4, 0.5) is 0 Å². The highest BCUT2D eigenvalue weighted by molar-refractivity contribution is 6.04. The quantitative estimate of drug-likeness (QED) is 0.163. The lowest BCUT2D eigenvalue weighted by Gasteiger charge is -2.10. The molecule has 0 saturated heterocycles. The number of rotatable bonds is 10. The van der Waals surface area contributed by atoms with E-state index in [9.17, 15) is 9.90 Å². The van der Waals surface area contributed by atoms with Crippen LogP contribution < -0.4 is 4.74 Å². The number of aromatic amines is 2. The third kappa shape index (κ3) is 4.70. The first-order chi connectivity index (χ1) is 18.2. The van der Waals surface area contributed by atoms with Crippen LogP contribution >= 0.6 is 0 Å². The minimum absolute atomic E-state index is 0.150. The second-order valence-electron chi connectivity index (χ2n) is 8.89. The lowest BCUT2D eigenvalue weighted by Crippen LogP contribution is -2.09. The van der Waals surface area contributed by atoms with Gasteiger partial charge in [0.25, 0.3) is 0 Å². The smallest absolute Gasteiger partial charge is 0.355 e. The first kappa shape index (κ1) is 24.6. The Morgan fingerprint density at radius 2 is 1.78 bits per heavy atom. The van der Waals surface area contributed by atoms with Crippen LogP contribution in [0, 0.1) is 0 Å². The van der Waals surface area contributed by atoms with Crippen molar-refractivity contribution in [1.82, 2.24) is 15.2 Å². The fourth-order valence-electron chi connectivity index (χ4n) is 4.98. The molecule has 0 aliphatic carbocycles. The van der Waals surface area contributed by atoms with E-state index >= 15 is 0 Å². The molecule has 0 spiro atoms. The summed E-state index contributed by atoms with van der Waals surface area (Å²) in [4.78, 5) is 16.3. The highest BCUT2D eigenvalue weighted by atomic mass is 16.5. The predicted molar refractivity (Wildman–Crippen MR) is 145 cm³/mol. The summed E-state index contributed by atoms with van der Waals surface area (Å²) < 4.78 is 11.5. The zero-order valence-electron chi connectivity index (χ0n) is 21.1. The topological polar surface area (TPSA) is 100 Å². The molecule has 2 aromatic heterocycles. The summed E-state index contributed by atoms with van der Waals surface area (Å²) in [5, 5.41) is 20.4. The molecular weight excluding hydrogens is 466 g/mol. The molecule has 3 aromatic carbocycles. The molecule has 37 heavy (non-hydrogen) atoms. The summed E-state index contributed by atoms with van der Waals surface area (Å²) in [6, 6.07) is 20.2. The number of ether oxygens (including phenoxy) is 2. The molecule has 5 aromatic rings. The monoisotopic (exact) mass is 497 g/mol. The number of nitrogens with one attached hydrogen (secondary N) is 2. The van der Waals surface area contributed by atoms with Crippen molar-refractivity contribution >= 4 is 27.6 Å². The number of aryl methyl sites for hydroxylation is 2. The zero-order valence-corrected chi connectivity index (χ0v) is 21.1. The lowest BCUT2D eigenvalue weighted by atomic mass is 9.97. The molecule has 0 aliphatic rings. The summed E-state index contributed by atoms with van der Waals surface area (Å²) in [6.45, 7) is 4.49. The summed E-state index contributed by atoms with van der Waals surface area (Å²) in [6.07, 6.45) is 2.08. The number of H-pyrrole nitrogens is 2. The molecule has 0 aliphatic heterocycles. The van der Waals surface area contributed by atoms with E-state index in [-0.39, 0.29) is 12.6 Å². The molecule has 0 bridgehead atoms. The highest BCUT2D eigenvalue weighted by Gasteiger charge is 2.23. The minimum atomic E-state index is -0.375. The molecule has 190 valence electrons. The van der Waals surface area contributed by atoms with Gasteiger partial charge in [-0.15, -0.1) is 0 Å². The van der Waals surface area contributed by atoms with E-state index in [1.165, 1.54) is 0 Å². The SMILES string of the molecule is CCOC(=O)c1[nH]c2c(-c3c(CC)n[nH]c3CO)cccc2c1CCCOc1cccc2ccccc12. The Hall–Kier alpha value is -4.10. The van der Waals surface area contributed by atoms with Gasteiger partial charge in [-0.2, -0.15) is 5.10 Å².